The molecule has 12 heavy (non-hydrogen) atoms. The topological polar surface area (TPSA) is 39.4 Å². The van der Waals surface area contributed by atoms with Crippen molar-refractivity contribution >= 4 is 39.7 Å². The molecule has 0 aliphatic carbocycles. The highest BCUT2D eigenvalue weighted by Crippen LogP contribution is 2.37. The van der Waals surface area contributed by atoms with E-state index in [2.05, 4.69) is 22.6 Å². The Hall–Kier alpha value is -0.780. The molecule has 0 saturated carbocycles. The van der Waals surface area contributed by atoms with E-state index in [0.717, 1.165) is 14.7 Å². The molecule has 0 fully saturated rings. The molecule has 0 amide bonds. The smallest absolute Gasteiger partial charge is 0.342 e. The third-order valence-corrected chi connectivity index (χ3v) is 2.87. The molecule has 0 aromatic carbocycles. The molecular weight excluding hydrogens is 271 g/mol. The van der Waals surface area contributed by atoms with Crippen molar-refractivity contribution in [3.05, 3.63) is 20.8 Å². The Morgan fingerprint density at radius 2 is 2.33 bits per heavy atom. The first-order valence-corrected chi connectivity index (χ1v) is 4.55. The fourth-order valence-corrected chi connectivity index (χ4v) is 2.18. The predicted molar refractivity (Wildman–Crippen MR) is 49.2 cm³/mol. The number of hydrogen-bond donors (Lipinski definition) is 0. The number of carbonyl (C=O) groups excluding carboxylic acids is 1. The monoisotopic (exact) mass is 274 g/mol. The Bertz CT molecular complexity index is 471. The number of esters is 1. The largest absolute Gasteiger partial charge is 0.457 e. The lowest BCUT2D eigenvalue weighted by molar-refractivity contribution is 0.0534. The van der Waals surface area contributed by atoms with Crippen molar-refractivity contribution in [2.75, 3.05) is 0 Å². The zero-order chi connectivity index (χ0) is 8.29. The summed E-state index contributed by atoms with van der Waals surface area (Å²) in [6.45, 7) is 0.368. The van der Waals surface area contributed by atoms with E-state index in [9.17, 15) is 4.79 Å². The highest BCUT2D eigenvalue weighted by Gasteiger charge is 2.31. The second-order valence-corrected chi connectivity index (χ2v) is 3.88. The first kappa shape index (κ1) is 6.71. The molecule has 0 N–H and O–H groups in total. The van der Waals surface area contributed by atoms with Crippen LogP contribution < -0.4 is 0 Å². The molecule has 4 heteroatoms. The van der Waals surface area contributed by atoms with Crippen LogP contribution in [0.25, 0.3) is 11.2 Å². The van der Waals surface area contributed by atoms with E-state index in [4.69, 9.17) is 9.15 Å². The molecule has 2 aromatic rings. The van der Waals surface area contributed by atoms with Gasteiger partial charge in [0.25, 0.3) is 0 Å². The number of fused-ring (bicyclic) bond motifs is 5. The quantitative estimate of drug-likeness (QED) is 0.545. The number of halogens is 1. The lowest BCUT2D eigenvalue weighted by Gasteiger charge is -1.87. The van der Waals surface area contributed by atoms with Crippen LogP contribution in [0.2, 0.25) is 0 Å². The summed E-state index contributed by atoms with van der Waals surface area (Å²) in [6.07, 6.45) is 0. The molecule has 1 aliphatic heterocycles. The SMILES string of the molecule is O=C1OCc2c1c1oc2cc1I. The minimum atomic E-state index is -0.253. The van der Waals surface area contributed by atoms with Gasteiger partial charge >= 0.3 is 5.97 Å². The van der Waals surface area contributed by atoms with E-state index in [0.29, 0.717) is 17.8 Å². The Balaban J connectivity index is 2.49. The van der Waals surface area contributed by atoms with Crippen molar-refractivity contribution < 1.29 is 13.9 Å². The third-order valence-electron chi connectivity index (χ3n) is 2.06. The van der Waals surface area contributed by atoms with Gasteiger partial charge in [-0.1, -0.05) is 0 Å². The number of rotatable bonds is 0. The number of carbonyl (C=O) groups is 1. The van der Waals surface area contributed by atoms with Gasteiger partial charge in [0.15, 0.2) is 5.58 Å². The van der Waals surface area contributed by atoms with Gasteiger partial charge in [-0.3, -0.25) is 0 Å². The molecule has 0 radical (unpaired) electrons. The Morgan fingerprint density at radius 1 is 1.50 bits per heavy atom. The standard InChI is InChI=1S/C8H3IO3/c9-4-1-5-3-2-11-8(10)6(3)7(4)12-5/h1H,2H2. The number of ether oxygens (including phenoxy) is 1. The van der Waals surface area contributed by atoms with Crippen LogP contribution in [0, 0.1) is 3.57 Å². The van der Waals surface area contributed by atoms with Gasteiger partial charge < -0.3 is 9.15 Å². The van der Waals surface area contributed by atoms with Gasteiger partial charge in [0.2, 0.25) is 0 Å². The minimum Gasteiger partial charge on any atom is -0.457 e. The fraction of sp³-hybridized carbons (Fsp3) is 0.125. The molecule has 2 bridgehead atoms. The van der Waals surface area contributed by atoms with E-state index in [-0.39, 0.29) is 5.97 Å². The van der Waals surface area contributed by atoms with E-state index in [1.54, 1.807) is 0 Å². The van der Waals surface area contributed by atoms with Gasteiger partial charge in [-0.2, -0.15) is 0 Å². The molecule has 3 rings (SSSR count). The number of hydrogen-bond acceptors (Lipinski definition) is 3. The van der Waals surface area contributed by atoms with Crippen molar-refractivity contribution in [1.82, 2.24) is 0 Å². The molecule has 0 spiro atoms. The second kappa shape index (κ2) is 1.93. The van der Waals surface area contributed by atoms with Gasteiger partial charge in [-0.05, 0) is 28.7 Å². The summed E-state index contributed by atoms with van der Waals surface area (Å²) in [5, 5.41) is 0. The van der Waals surface area contributed by atoms with Gasteiger partial charge in [0.1, 0.15) is 17.8 Å². The molecule has 0 saturated heterocycles. The zero-order valence-electron chi connectivity index (χ0n) is 5.89. The van der Waals surface area contributed by atoms with Crippen LogP contribution in [0.1, 0.15) is 15.9 Å². The van der Waals surface area contributed by atoms with Crippen LogP contribution in [0.3, 0.4) is 0 Å². The van der Waals surface area contributed by atoms with Crippen molar-refractivity contribution in [3.63, 3.8) is 0 Å². The first-order chi connectivity index (χ1) is 5.77. The number of benzene rings is 1. The van der Waals surface area contributed by atoms with Crippen LogP contribution >= 0.6 is 22.6 Å². The summed E-state index contributed by atoms with van der Waals surface area (Å²) in [6, 6.07) is 1.93. The average Bonchev–Trinajstić information content (AvgIpc) is 2.62. The summed E-state index contributed by atoms with van der Waals surface area (Å²) < 4.78 is 11.2. The second-order valence-electron chi connectivity index (χ2n) is 2.72. The maximum atomic E-state index is 11.2. The molecule has 0 atom stereocenters. The molecule has 1 aliphatic rings. The third kappa shape index (κ3) is 0.600. The van der Waals surface area contributed by atoms with Crippen LogP contribution in [0.15, 0.2) is 10.5 Å². The zero-order valence-corrected chi connectivity index (χ0v) is 8.04. The van der Waals surface area contributed by atoms with Crippen molar-refractivity contribution in [2.24, 2.45) is 0 Å². The van der Waals surface area contributed by atoms with Crippen LogP contribution in [0.5, 0.6) is 0 Å². The molecule has 2 aromatic heterocycles. The minimum absolute atomic E-state index is 0.253. The Morgan fingerprint density at radius 3 is 3.17 bits per heavy atom. The van der Waals surface area contributed by atoms with Gasteiger partial charge in [0, 0.05) is 0 Å². The maximum Gasteiger partial charge on any atom is 0.342 e. The number of furan rings is 2. The fourth-order valence-electron chi connectivity index (χ4n) is 1.52. The summed E-state index contributed by atoms with van der Waals surface area (Å²) in [7, 11) is 0. The molecule has 0 unspecified atom stereocenters. The summed E-state index contributed by atoms with van der Waals surface area (Å²) in [4.78, 5) is 11.2. The Kier molecular flexibility index (Phi) is 1.08. The summed E-state index contributed by atoms with van der Waals surface area (Å²) >= 11 is 2.15. The van der Waals surface area contributed by atoms with Crippen LogP contribution in [-0.2, 0) is 11.3 Å². The van der Waals surface area contributed by atoms with E-state index >= 15 is 0 Å². The lowest BCUT2D eigenvalue weighted by Crippen LogP contribution is -1.93. The lowest BCUT2D eigenvalue weighted by atomic mass is 10.1. The van der Waals surface area contributed by atoms with E-state index < -0.39 is 0 Å². The number of cyclic esters (lactones) is 1. The van der Waals surface area contributed by atoms with E-state index in [1.807, 2.05) is 6.07 Å². The van der Waals surface area contributed by atoms with Crippen molar-refractivity contribution in [1.29, 1.82) is 0 Å². The predicted octanol–water partition coefficient (Wildman–Crippen LogP) is 2.15. The van der Waals surface area contributed by atoms with E-state index in [1.165, 1.54) is 0 Å². The normalized spacial score (nSPS) is 15.6. The molecular formula is C8H3IO3. The maximum absolute atomic E-state index is 11.2. The van der Waals surface area contributed by atoms with Gasteiger partial charge in [-0.25, -0.2) is 4.79 Å². The summed E-state index contributed by atoms with van der Waals surface area (Å²) in [5.41, 5.74) is 3.02. The summed E-state index contributed by atoms with van der Waals surface area (Å²) in [5.74, 6) is -0.253. The average molecular weight is 274 g/mol. The van der Waals surface area contributed by atoms with Gasteiger partial charge in [0.05, 0.1) is 9.13 Å². The van der Waals surface area contributed by atoms with Crippen molar-refractivity contribution in [3.8, 4) is 0 Å². The molecule has 3 heterocycles. The first-order valence-electron chi connectivity index (χ1n) is 3.48. The van der Waals surface area contributed by atoms with Gasteiger partial charge in [-0.15, -0.1) is 0 Å². The highest BCUT2D eigenvalue weighted by molar-refractivity contribution is 14.1. The highest BCUT2D eigenvalue weighted by atomic mass is 127. The van der Waals surface area contributed by atoms with Crippen LogP contribution in [-0.4, -0.2) is 5.97 Å². The van der Waals surface area contributed by atoms with Crippen molar-refractivity contribution in [2.45, 2.75) is 6.61 Å². The molecule has 3 nitrogen and oxygen atoms in total. The molecule has 60 valence electrons. The van der Waals surface area contributed by atoms with Crippen LogP contribution in [0.4, 0.5) is 0 Å². The Labute approximate surface area is 81.1 Å².